The number of carbonyl (C=O) groups is 6. The molecule has 0 spiro atoms. The number of aliphatic hydroxyl groups is 2. The number of likely N-dealkylation sites (N-methyl/N-ethyl adjacent to an activating group) is 1. The molecule has 47 heavy (non-hydrogen) atoms. The molecule has 5 amide bonds. The van der Waals surface area contributed by atoms with Crippen LogP contribution >= 0.6 is 0 Å². The first-order valence-corrected chi connectivity index (χ1v) is 17.3. The van der Waals surface area contributed by atoms with Gasteiger partial charge in [0, 0.05) is 7.05 Å². The van der Waals surface area contributed by atoms with Crippen molar-refractivity contribution in [3.05, 3.63) is 0 Å². The lowest BCUT2D eigenvalue weighted by molar-refractivity contribution is -0.157. The number of hydrogen-bond acceptors (Lipinski definition) is 9. The first-order chi connectivity index (χ1) is 22.4. The van der Waals surface area contributed by atoms with Crippen molar-refractivity contribution in [2.75, 3.05) is 20.2 Å². The summed E-state index contributed by atoms with van der Waals surface area (Å²) in [6.45, 7) is 5.44. The van der Waals surface area contributed by atoms with Crippen LogP contribution in [0.15, 0.2) is 0 Å². The smallest absolute Gasteiger partial charge is 0.325 e. The molecule has 1 heterocycles. The van der Waals surface area contributed by atoms with Gasteiger partial charge in [-0.2, -0.15) is 0 Å². The van der Waals surface area contributed by atoms with Gasteiger partial charge in [0.15, 0.2) is 0 Å². The molecule has 1 saturated carbocycles. The van der Waals surface area contributed by atoms with Crippen LogP contribution in [0, 0.1) is 11.8 Å². The van der Waals surface area contributed by atoms with Crippen molar-refractivity contribution in [3.8, 4) is 0 Å². The van der Waals surface area contributed by atoms with Crippen LogP contribution in [0.1, 0.15) is 105 Å². The molecule has 0 aromatic heterocycles. The summed E-state index contributed by atoms with van der Waals surface area (Å²) in [5.41, 5.74) is 0. The van der Waals surface area contributed by atoms with Gasteiger partial charge in [-0.05, 0) is 44.9 Å². The quantitative estimate of drug-likeness (QED) is 0.143. The van der Waals surface area contributed by atoms with Crippen LogP contribution in [0.4, 0.5) is 0 Å². The summed E-state index contributed by atoms with van der Waals surface area (Å²) in [6.07, 6.45) is 6.57. The second kappa shape index (κ2) is 20.2. The number of esters is 1. The summed E-state index contributed by atoms with van der Waals surface area (Å²) < 4.78 is 5.72. The Hall–Kier alpha value is -3.26. The van der Waals surface area contributed by atoms with E-state index in [1.165, 1.54) is 18.9 Å². The third-order valence-corrected chi connectivity index (χ3v) is 9.24. The number of unbranched alkanes of at least 4 members (excludes halogenated alkanes) is 3. The van der Waals surface area contributed by atoms with E-state index in [4.69, 9.17) is 4.74 Å². The van der Waals surface area contributed by atoms with E-state index in [9.17, 15) is 39.0 Å². The van der Waals surface area contributed by atoms with Gasteiger partial charge >= 0.3 is 5.97 Å². The fraction of sp³-hybridized carbons (Fsp3) is 0.818. The molecule has 0 bridgehead atoms. The van der Waals surface area contributed by atoms with Crippen molar-refractivity contribution in [3.63, 3.8) is 0 Å². The average Bonchev–Trinajstić information content (AvgIpc) is 3.06. The van der Waals surface area contributed by atoms with E-state index in [2.05, 4.69) is 28.2 Å². The third-order valence-electron chi connectivity index (χ3n) is 9.24. The Morgan fingerprint density at radius 2 is 1.53 bits per heavy atom. The van der Waals surface area contributed by atoms with Crippen LogP contribution < -0.4 is 21.3 Å². The van der Waals surface area contributed by atoms with Gasteiger partial charge in [-0.15, -0.1) is 0 Å². The number of ether oxygens (including phenoxy) is 1. The van der Waals surface area contributed by atoms with Crippen LogP contribution in [-0.4, -0.2) is 107 Å². The van der Waals surface area contributed by atoms with Gasteiger partial charge < -0.3 is 41.1 Å². The summed E-state index contributed by atoms with van der Waals surface area (Å²) in [5, 5.41) is 30.4. The van der Waals surface area contributed by atoms with E-state index < -0.39 is 91.0 Å². The zero-order valence-corrected chi connectivity index (χ0v) is 28.7. The number of cyclic esters (lactones) is 1. The highest BCUT2D eigenvalue weighted by Gasteiger charge is 2.39. The topological polar surface area (TPSA) is 203 Å². The zero-order valence-electron chi connectivity index (χ0n) is 28.7. The highest BCUT2D eigenvalue weighted by molar-refractivity contribution is 5.96. The first kappa shape index (κ1) is 39.9. The number of nitrogens with zero attached hydrogens (tertiary/aromatic N) is 1. The van der Waals surface area contributed by atoms with Crippen molar-refractivity contribution >= 4 is 35.5 Å². The maximum Gasteiger partial charge on any atom is 0.325 e. The fourth-order valence-corrected chi connectivity index (χ4v) is 6.30. The number of aliphatic hydroxyl groups excluding tert-OH is 2. The minimum atomic E-state index is -1.52. The molecule has 2 rings (SSSR count). The Labute approximate surface area is 278 Å². The maximum atomic E-state index is 13.9. The Morgan fingerprint density at radius 1 is 0.851 bits per heavy atom. The van der Waals surface area contributed by atoms with Gasteiger partial charge in [-0.1, -0.05) is 65.7 Å². The Morgan fingerprint density at radius 3 is 2.13 bits per heavy atom. The molecule has 1 aliphatic carbocycles. The predicted molar refractivity (Wildman–Crippen MR) is 173 cm³/mol. The molecule has 6 N–H and O–H groups in total. The average molecular weight is 668 g/mol. The lowest BCUT2D eigenvalue weighted by Gasteiger charge is -2.35. The minimum Gasteiger partial charge on any atom is -0.460 e. The lowest BCUT2D eigenvalue weighted by atomic mass is 9.83. The Kier molecular flexibility index (Phi) is 17.1. The Balaban J connectivity index is 2.52. The standard InChI is InChI=1S/C33H57N5O9/c1-6-8-9-13-17-25-20(3)33(46)38(5)24(14-7-2)30(43)37-28(22-15-11-10-12-16-22)32(45)35-23(19-39)29(42)36-27(21(4)40)31(44)34-18-26(41)47-25/h20-25,27-28,39-40H,6-19H2,1-5H3,(H,34,44)(H,35,45)(H,36,42)(H,37,43)/t20-,21+,23+,24+,25-,27+,28+/m1/s1. The summed E-state index contributed by atoms with van der Waals surface area (Å²) in [7, 11) is 1.52. The van der Waals surface area contributed by atoms with Gasteiger partial charge in [0.1, 0.15) is 36.8 Å². The van der Waals surface area contributed by atoms with E-state index in [-0.39, 0.29) is 5.92 Å². The summed E-state index contributed by atoms with van der Waals surface area (Å²) in [4.78, 5) is 81.8. The number of amides is 5. The second-order valence-electron chi connectivity index (χ2n) is 13.0. The molecule has 0 aromatic rings. The second-order valence-corrected chi connectivity index (χ2v) is 13.0. The van der Waals surface area contributed by atoms with Gasteiger partial charge in [-0.25, -0.2) is 0 Å². The first-order valence-electron chi connectivity index (χ1n) is 17.3. The van der Waals surface area contributed by atoms with E-state index >= 15 is 0 Å². The van der Waals surface area contributed by atoms with Crippen molar-refractivity contribution in [1.29, 1.82) is 0 Å². The lowest BCUT2D eigenvalue weighted by Crippen LogP contribution is -2.62. The van der Waals surface area contributed by atoms with E-state index in [1.807, 2.05) is 6.92 Å². The van der Waals surface area contributed by atoms with Crippen molar-refractivity contribution < 1.29 is 43.7 Å². The van der Waals surface area contributed by atoms with E-state index in [0.717, 1.165) is 38.5 Å². The number of carbonyl (C=O) groups excluding carboxylic acids is 6. The molecule has 0 unspecified atom stereocenters. The minimum absolute atomic E-state index is 0.241. The summed E-state index contributed by atoms with van der Waals surface area (Å²) in [5.74, 6) is -5.30. The fourth-order valence-electron chi connectivity index (χ4n) is 6.30. The number of rotatable bonds is 10. The third kappa shape index (κ3) is 12.0. The normalized spacial score (nSPS) is 29.0. The molecule has 1 saturated heterocycles. The van der Waals surface area contributed by atoms with Crippen LogP contribution in [0.25, 0.3) is 0 Å². The van der Waals surface area contributed by atoms with Crippen LogP contribution in [-0.2, 0) is 33.5 Å². The SMILES string of the molecule is CCCCCC[C@H]1OC(=O)CNC(=O)[C@H]([C@H](C)O)NC(=O)[C@H](CO)NC(=O)[C@H](C2CCCCC2)NC(=O)[C@H](CCC)N(C)C(=O)[C@@H]1C. The van der Waals surface area contributed by atoms with E-state index in [1.54, 1.807) is 6.92 Å². The van der Waals surface area contributed by atoms with Gasteiger partial charge in [-0.3, -0.25) is 28.8 Å². The van der Waals surface area contributed by atoms with Crippen molar-refractivity contribution in [2.24, 2.45) is 11.8 Å². The molecule has 14 nitrogen and oxygen atoms in total. The highest BCUT2D eigenvalue weighted by Crippen LogP contribution is 2.27. The maximum absolute atomic E-state index is 13.9. The number of nitrogens with one attached hydrogen (secondary N) is 4. The van der Waals surface area contributed by atoms with E-state index in [0.29, 0.717) is 38.5 Å². The summed E-state index contributed by atoms with van der Waals surface area (Å²) in [6, 6.07) is -4.99. The Bertz CT molecular complexity index is 1070. The van der Waals surface area contributed by atoms with Crippen molar-refractivity contribution in [2.45, 2.75) is 141 Å². The molecule has 268 valence electrons. The largest absolute Gasteiger partial charge is 0.460 e. The monoisotopic (exact) mass is 667 g/mol. The number of hydrogen-bond donors (Lipinski definition) is 6. The predicted octanol–water partition coefficient (Wildman–Crippen LogP) is 0.669. The van der Waals surface area contributed by atoms with Crippen molar-refractivity contribution in [1.82, 2.24) is 26.2 Å². The molecule has 14 heteroatoms. The summed E-state index contributed by atoms with van der Waals surface area (Å²) >= 11 is 0. The molecule has 7 atom stereocenters. The van der Waals surface area contributed by atoms with Gasteiger partial charge in [0.05, 0.1) is 18.6 Å². The highest BCUT2D eigenvalue weighted by atomic mass is 16.5. The molecule has 0 radical (unpaired) electrons. The molecule has 1 aliphatic heterocycles. The van der Waals surface area contributed by atoms with Crippen LogP contribution in [0.2, 0.25) is 0 Å². The molecule has 2 fully saturated rings. The molecule has 0 aromatic carbocycles. The van der Waals surface area contributed by atoms with Gasteiger partial charge in [0.2, 0.25) is 29.5 Å². The molecular formula is C33H57N5O9. The molecule has 2 aliphatic rings. The molecular weight excluding hydrogens is 610 g/mol. The van der Waals surface area contributed by atoms with Crippen LogP contribution in [0.5, 0.6) is 0 Å². The van der Waals surface area contributed by atoms with Gasteiger partial charge in [0.25, 0.3) is 0 Å². The van der Waals surface area contributed by atoms with Crippen LogP contribution in [0.3, 0.4) is 0 Å². The zero-order chi connectivity index (χ0) is 35.1.